The SMILES string of the molecule is CC(C)(C)NCc1ccnc(CC2CCCO2)n1. The molecule has 1 aliphatic heterocycles. The molecule has 18 heavy (non-hydrogen) atoms. The molecule has 2 rings (SSSR count). The number of rotatable bonds is 4. The van der Waals surface area contributed by atoms with E-state index in [2.05, 4.69) is 36.1 Å². The van der Waals surface area contributed by atoms with Gasteiger partial charge in [-0.3, -0.25) is 0 Å². The van der Waals surface area contributed by atoms with Crippen molar-refractivity contribution in [2.24, 2.45) is 0 Å². The molecule has 1 N–H and O–H groups in total. The van der Waals surface area contributed by atoms with Crippen LogP contribution in [-0.4, -0.2) is 28.2 Å². The number of hydrogen-bond donors (Lipinski definition) is 1. The minimum atomic E-state index is 0.111. The van der Waals surface area contributed by atoms with E-state index >= 15 is 0 Å². The van der Waals surface area contributed by atoms with Crippen LogP contribution in [0.5, 0.6) is 0 Å². The monoisotopic (exact) mass is 249 g/mol. The Morgan fingerprint density at radius 2 is 2.28 bits per heavy atom. The molecule has 1 saturated heterocycles. The lowest BCUT2D eigenvalue weighted by atomic mass is 10.1. The number of nitrogens with one attached hydrogen (secondary N) is 1. The molecule has 0 radical (unpaired) electrons. The van der Waals surface area contributed by atoms with Crippen LogP contribution in [-0.2, 0) is 17.7 Å². The summed E-state index contributed by atoms with van der Waals surface area (Å²) in [6.45, 7) is 8.13. The molecule has 4 nitrogen and oxygen atoms in total. The minimum Gasteiger partial charge on any atom is -0.378 e. The Bertz CT molecular complexity index is 381. The van der Waals surface area contributed by atoms with Gasteiger partial charge in [0.15, 0.2) is 0 Å². The first kappa shape index (κ1) is 13.4. The van der Waals surface area contributed by atoms with Gasteiger partial charge in [0.2, 0.25) is 0 Å². The molecule has 0 aliphatic carbocycles. The van der Waals surface area contributed by atoms with Crippen molar-refractivity contribution >= 4 is 0 Å². The third-order valence-corrected chi connectivity index (χ3v) is 3.00. The molecule has 1 aromatic rings. The molecule has 0 amide bonds. The summed E-state index contributed by atoms with van der Waals surface area (Å²) in [4.78, 5) is 8.91. The summed E-state index contributed by atoms with van der Waals surface area (Å²) >= 11 is 0. The summed E-state index contributed by atoms with van der Waals surface area (Å²) < 4.78 is 5.62. The number of ether oxygens (including phenoxy) is 1. The van der Waals surface area contributed by atoms with Crippen molar-refractivity contribution < 1.29 is 4.74 Å². The molecule has 0 spiro atoms. The average Bonchev–Trinajstić information content (AvgIpc) is 2.79. The molecular formula is C14H23N3O. The van der Waals surface area contributed by atoms with Crippen LogP contribution in [0.3, 0.4) is 0 Å². The number of nitrogens with zero attached hydrogens (tertiary/aromatic N) is 2. The maximum absolute atomic E-state index is 5.62. The van der Waals surface area contributed by atoms with Gasteiger partial charge < -0.3 is 10.1 Å². The topological polar surface area (TPSA) is 47.0 Å². The average molecular weight is 249 g/mol. The maximum atomic E-state index is 5.62. The van der Waals surface area contributed by atoms with Crippen LogP contribution in [0.2, 0.25) is 0 Å². The van der Waals surface area contributed by atoms with E-state index < -0.39 is 0 Å². The summed E-state index contributed by atoms with van der Waals surface area (Å²) in [5.74, 6) is 0.898. The quantitative estimate of drug-likeness (QED) is 0.887. The highest BCUT2D eigenvalue weighted by Gasteiger charge is 2.17. The van der Waals surface area contributed by atoms with Gasteiger partial charge in [-0.2, -0.15) is 0 Å². The lowest BCUT2D eigenvalue weighted by Gasteiger charge is -2.20. The van der Waals surface area contributed by atoms with Crippen molar-refractivity contribution in [1.82, 2.24) is 15.3 Å². The van der Waals surface area contributed by atoms with Gasteiger partial charge in [-0.1, -0.05) is 0 Å². The van der Waals surface area contributed by atoms with Crippen LogP contribution in [0.1, 0.15) is 45.1 Å². The van der Waals surface area contributed by atoms with Gasteiger partial charge in [-0.15, -0.1) is 0 Å². The summed E-state index contributed by atoms with van der Waals surface area (Å²) in [6.07, 6.45) is 5.29. The van der Waals surface area contributed by atoms with E-state index in [1.165, 1.54) is 0 Å². The summed E-state index contributed by atoms with van der Waals surface area (Å²) in [6, 6.07) is 1.97. The molecule has 2 heterocycles. The zero-order valence-corrected chi connectivity index (χ0v) is 11.6. The molecule has 0 aromatic carbocycles. The first-order valence-corrected chi connectivity index (χ1v) is 6.70. The second-order valence-electron chi connectivity index (χ2n) is 5.91. The van der Waals surface area contributed by atoms with Gasteiger partial charge >= 0.3 is 0 Å². The van der Waals surface area contributed by atoms with Crippen LogP contribution in [0.25, 0.3) is 0 Å². The molecule has 1 atom stereocenters. The first-order chi connectivity index (χ1) is 8.53. The zero-order chi connectivity index (χ0) is 13.0. The number of hydrogen-bond acceptors (Lipinski definition) is 4. The summed E-state index contributed by atoms with van der Waals surface area (Å²) in [7, 11) is 0. The van der Waals surface area contributed by atoms with E-state index in [0.717, 1.165) is 43.9 Å². The zero-order valence-electron chi connectivity index (χ0n) is 11.6. The van der Waals surface area contributed by atoms with Gasteiger partial charge in [0.25, 0.3) is 0 Å². The Morgan fingerprint density at radius 1 is 1.44 bits per heavy atom. The van der Waals surface area contributed by atoms with Gasteiger partial charge in [0.05, 0.1) is 11.8 Å². The summed E-state index contributed by atoms with van der Waals surface area (Å²) in [5, 5.41) is 3.44. The highest BCUT2D eigenvalue weighted by atomic mass is 16.5. The van der Waals surface area contributed by atoms with Crippen molar-refractivity contribution in [2.45, 2.75) is 58.2 Å². The van der Waals surface area contributed by atoms with Gasteiger partial charge in [-0.05, 0) is 39.7 Å². The van der Waals surface area contributed by atoms with E-state index in [1.807, 2.05) is 12.3 Å². The van der Waals surface area contributed by atoms with E-state index in [-0.39, 0.29) is 5.54 Å². The maximum Gasteiger partial charge on any atom is 0.131 e. The van der Waals surface area contributed by atoms with E-state index in [9.17, 15) is 0 Å². The molecular weight excluding hydrogens is 226 g/mol. The first-order valence-electron chi connectivity index (χ1n) is 6.70. The standard InChI is InChI=1S/C14H23N3O/c1-14(2,3)16-10-11-6-7-15-13(17-11)9-12-5-4-8-18-12/h6-7,12,16H,4-5,8-10H2,1-3H3. The molecule has 1 unspecified atom stereocenters. The Hall–Kier alpha value is -1.00. The van der Waals surface area contributed by atoms with Crippen LogP contribution in [0.15, 0.2) is 12.3 Å². The van der Waals surface area contributed by atoms with Crippen LogP contribution >= 0.6 is 0 Å². The lowest BCUT2D eigenvalue weighted by Crippen LogP contribution is -2.35. The van der Waals surface area contributed by atoms with Gasteiger partial charge in [0, 0.05) is 31.3 Å². The van der Waals surface area contributed by atoms with E-state index in [0.29, 0.717) is 6.10 Å². The van der Waals surface area contributed by atoms with Crippen LogP contribution in [0, 0.1) is 0 Å². The predicted molar refractivity (Wildman–Crippen MR) is 71.3 cm³/mol. The molecule has 100 valence electrons. The van der Waals surface area contributed by atoms with Crippen molar-refractivity contribution in [1.29, 1.82) is 0 Å². The van der Waals surface area contributed by atoms with E-state index in [4.69, 9.17) is 4.74 Å². The molecule has 0 saturated carbocycles. The Kier molecular flexibility index (Phi) is 4.30. The summed E-state index contributed by atoms with van der Waals surface area (Å²) in [5.41, 5.74) is 1.16. The van der Waals surface area contributed by atoms with Crippen molar-refractivity contribution in [3.63, 3.8) is 0 Å². The second kappa shape index (κ2) is 5.76. The lowest BCUT2D eigenvalue weighted by molar-refractivity contribution is 0.110. The minimum absolute atomic E-state index is 0.111. The predicted octanol–water partition coefficient (Wildman–Crippen LogP) is 2.09. The third-order valence-electron chi connectivity index (χ3n) is 3.00. The van der Waals surface area contributed by atoms with Crippen LogP contribution in [0.4, 0.5) is 0 Å². The van der Waals surface area contributed by atoms with Crippen LogP contribution < -0.4 is 5.32 Å². The Morgan fingerprint density at radius 3 is 2.94 bits per heavy atom. The van der Waals surface area contributed by atoms with Crippen molar-refractivity contribution in [2.75, 3.05) is 6.61 Å². The Labute approximate surface area is 109 Å². The molecule has 1 aromatic heterocycles. The molecule has 4 heteroatoms. The fraction of sp³-hybridized carbons (Fsp3) is 0.714. The number of aromatic nitrogens is 2. The van der Waals surface area contributed by atoms with E-state index in [1.54, 1.807) is 0 Å². The fourth-order valence-corrected chi connectivity index (χ4v) is 2.00. The second-order valence-corrected chi connectivity index (χ2v) is 5.91. The highest BCUT2D eigenvalue weighted by Crippen LogP contribution is 2.15. The highest BCUT2D eigenvalue weighted by molar-refractivity contribution is 5.03. The smallest absolute Gasteiger partial charge is 0.131 e. The van der Waals surface area contributed by atoms with Crippen molar-refractivity contribution in [3.8, 4) is 0 Å². The Balaban J connectivity index is 1.92. The molecule has 1 aliphatic rings. The largest absolute Gasteiger partial charge is 0.378 e. The van der Waals surface area contributed by atoms with Gasteiger partial charge in [-0.25, -0.2) is 9.97 Å². The third kappa shape index (κ3) is 4.35. The normalized spacial score (nSPS) is 20.3. The van der Waals surface area contributed by atoms with Gasteiger partial charge in [0.1, 0.15) is 5.82 Å². The molecule has 0 bridgehead atoms. The van der Waals surface area contributed by atoms with Crippen molar-refractivity contribution in [3.05, 3.63) is 23.8 Å². The fourth-order valence-electron chi connectivity index (χ4n) is 2.00. The molecule has 1 fully saturated rings.